The third kappa shape index (κ3) is 3.25. The Balaban J connectivity index is 1.26. The van der Waals surface area contributed by atoms with Crippen LogP contribution >= 0.6 is 0 Å². The first-order valence-corrected chi connectivity index (χ1v) is 15.3. The zero-order valence-corrected chi connectivity index (χ0v) is 24.2. The van der Waals surface area contributed by atoms with Gasteiger partial charge in [-0.15, -0.1) is 0 Å². The Morgan fingerprint density at radius 2 is 1.54 bits per heavy atom. The fourth-order valence-corrected chi connectivity index (χ4v) is 11.7. The van der Waals surface area contributed by atoms with E-state index < -0.39 is 5.79 Å². The molecular formula is C32H54O3. The fraction of sp³-hybridized carbons (Fsp3) is 1.00. The molecule has 6 rings (SSSR count). The molecule has 5 aliphatic carbocycles. The summed E-state index contributed by atoms with van der Waals surface area (Å²) in [6.45, 7) is 19.2. The lowest BCUT2D eigenvalue weighted by Crippen LogP contribution is -2.57. The van der Waals surface area contributed by atoms with Gasteiger partial charge in [0.2, 0.25) is 0 Å². The zero-order valence-electron chi connectivity index (χ0n) is 24.2. The van der Waals surface area contributed by atoms with Gasteiger partial charge in [0.15, 0.2) is 5.79 Å². The molecule has 35 heavy (non-hydrogen) atoms. The van der Waals surface area contributed by atoms with Gasteiger partial charge in [0.25, 0.3) is 0 Å². The first-order valence-electron chi connectivity index (χ1n) is 15.3. The molecule has 6 aliphatic rings. The Bertz CT molecular complexity index is 837. The molecule has 0 aromatic rings. The number of ether oxygens (including phenoxy) is 3. The molecule has 3 heteroatoms. The van der Waals surface area contributed by atoms with E-state index in [-0.39, 0.29) is 12.2 Å². The molecule has 1 spiro atoms. The summed E-state index contributed by atoms with van der Waals surface area (Å²) in [7, 11) is 2.02. The second-order valence-corrected chi connectivity index (χ2v) is 15.5. The molecule has 1 heterocycles. The minimum atomic E-state index is -0.468. The third-order valence-electron chi connectivity index (χ3n) is 13.8. The minimum absolute atomic E-state index is 0.204. The normalized spacial score (nSPS) is 55.7. The number of methoxy groups -OCH3 is 1. The Hall–Kier alpha value is -0.120. The van der Waals surface area contributed by atoms with Gasteiger partial charge in [0.05, 0.1) is 18.3 Å². The van der Waals surface area contributed by atoms with Crippen LogP contribution in [-0.4, -0.2) is 31.2 Å². The molecule has 1 saturated heterocycles. The Kier molecular flexibility index (Phi) is 5.72. The minimum Gasteiger partial charge on any atom is -0.381 e. The van der Waals surface area contributed by atoms with E-state index in [2.05, 4.69) is 55.4 Å². The average molecular weight is 487 g/mol. The summed E-state index contributed by atoms with van der Waals surface area (Å²) >= 11 is 0. The summed E-state index contributed by atoms with van der Waals surface area (Å²) in [5.74, 6) is 5.52. The molecule has 5 saturated carbocycles. The highest BCUT2D eigenvalue weighted by Gasteiger charge is 2.77. The van der Waals surface area contributed by atoms with Crippen molar-refractivity contribution in [3.63, 3.8) is 0 Å². The number of rotatable bonds is 5. The van der Waals surface area contributed by atoms with E-state index in [0.717, 1.165) is 29.6 Å². The van der Waals surface area contributed by atoms with Gasteiger partial charge in [-0.1, -0.05) is 41.5 Å². The van der Waals surface area contributed by atoms with Crippen LogP contribution in [0.15, 0.2) is 0 Å². The molecule has 0 N–H and O–H groups in total. The van der Waals surface area contributed by atoms with Crippen molar-refractivity contribution in [1.82, 2.24) is 0 Å². The molecule has 13 atom stereocenters. The van der Waals surface area contributed by atoms with Crippen LogP contribution in [0.1, 0.15) is 107 Å². The highest BCUT2D eigenvalue weighted by molar-refractivity contribution is 5.26. The maximum absolute atomic E-state index is 6.72. The standard InChI is InChI=1S/C32H54O3/c1-18(2)19(3)27-28(35-29(5,6)34-27)20(4)23-10-11-24-22-16-26(33-9)32-17-21(32)12-15-31(32,8)25(22)13-14-30(23,24)7/h18-28H,10-17H2,1-9H3/t19?,20-,21+,22-,23+,24-,25-,26+,27+,28+,30+,31+,32-/m0/s1. The van der Waals surface area contributed by atoms with Crippen molar-refractivity contribution in [3.05, 3.63) is 0 Å². The first kappa shape index (κ1) is 25.2. The van der Waals surface area contributed by atoms with E-state index in [1.165, 1.54) is 51.4 Å². The Labute approximate surface area is 215 Å². The van der Waals surface area contributed by atoms with E-state index in [1.54, 1.807) is 0 Å². The van der Waals surface area contributed by atoms with E-state index in [4.69, 9.17) is 14.2 Å². The summed E-state index contributed by atoms with van der Waals surface area (Å²) in [5.41, 5.74) is 1.49. The number of hydrogen-bond acceptors (Lipinski definition) is 3. The van der Waals surface area contributed by atoms with Crippen LogP contribution in [0.3, 0.4) is 0 Å². The lowest BCUT2D eigenvalue weighted by Gasteiger charge is -2.61. The van der Waals surface area contributed by atoms with Crippen LogP contribution in [0.4, 0.5) is 0 Å². The van der Waals surface area contributed by atoms with Gasteiger partial charge in [0.1, 0.15) is 0 Å². The first-order chi connectivity index (χ1) is 16.4. The summed E-state index contributed by atoms with van der Waals surface area (Å²) in [4.78, 5) is 0. The van der Waals surface area contributed by atoms with Crippen LogP contribution in [0.2, 0.25) is 0 Å². The summed E-state index contributed by atoms with van der Waals surface area (Å²) in [5, 5.41) is 0. The maximum atomic E-state index is 6.72. The molecular weight excluding hydrogens is 432 g/mol. The van der Waals surface area contributed by atoms with Crippen molar-refractivity contribution in [2.24, 2.45) is 63.6 Å². The zero-order chi connectivity index (χ0) is 25.1. The molecule has 6 fully saturated rings. The molecule has 0 aromatic heterocycles. The van der Waals surface area contributed by atoms with E-state index in [0.29, 0.717) is 40.1 Å². The number of hydrogen-bond donors (Lipinski definition) is 0. The largest absolute Gasteiger partial charge is 0.381 e. The van der Waals surface area contributed by atoms with Crippen LogP contribution < -0.4 is 0 Å². The van der Waals surface area contributed by atoms with E-state index >= 15 is 0 Å². The maximum Gasteiger partial charge on any atom is 0.163 e. The molecule has 3 nitrogen and oxygen atoms in total. The summed E-state index contributed by atoms with van der Waals surface area (Å²) < 4.78 is 19.7. The van der Waals surface area contributed by atoms with Crippen molar-refractivity contribution in [2.45, 2.75) is 131 Å². The van der Waals surface area contributed by atoms with Gasteiger partial charge in [-0.25, -0.2) is 0 Å². The third-order valence-corrected chi connectivity index (χ3v) is 13.8. The molecule has 0 amide bonds. The van der Waals surface area contributed by atoms with Gasteiger partial charge < -0.3 is 14.2 Å². The second-order valence-electron chi connectivity index (χ2n) is 15.5. The van der Waals surface area contributed by atoms with Crippen LogP contribution in [0.5, 0.6) is 0 Å². The molecule has 0 bridgehead atoms. The summed E-state index contributed by atoms with van der Waals surface area (Å²) in [6.07, 6.45) is 12.3. The van der Waals surface area contributed by atoms with E-state index in [1.807, 2.05) is 7.11 Å². The topological polar surface area (TPSA) is 27.7 Å². The van der Waals surface area contributed by atoms with Crippen molar-refractivity contribution in [3.8, 4) is 0 Å². The van der Waals surface area contributed by atoms with Gasteiger partial charge in [-0.2, -0.15) is 0 Å². The molecule has 1 unspecified atom stereocenters. The smallest absolute Gasteiger partial charge is 0.163 e. The molecule has 1 aliphatic heterocycles. The second kappa shape index (κ2) is 7.95. The van der Waals surface area contributed by atoms with Gasteiger partial charge in [-0.05, 0) is 123 Å². The average Bonchev–Trinajstić information content (AvgIpc) is 3.11. The molecule has 0 radical (unpaired) electrons. The van der Waals surface area contributed by atoms with E-state index in [9.17, 15) is 0 Å². The highest BCUT2D eigenvalue weighted by Crippen LogP contribution is 2.82. The molecule has 200 valence electrons. The van der Waals surface area contributed by atoms with Crippen molar-refractivity contribution < 1.29 is 14.2 Å². The summed E-state index contributed by atoms with van der Waals surface area (Å²) in [6, 6.07) is 0. The van der Waals surface area contributed by atoms with Crippen molar-refractivity contribution in [1.29, 1.82) is 0 Å². The van der Waals surface area contributed by atoms with Crippen molar-refractivity contribution >= 4 is 0 Å². The lowest BCUT2D eigenvalue weighted by atomic mass is 9.45. The van der Waals surface area contributed by atoms with Crippen LogP contribution in [0, 0.1) is 63.6 Å². The quantitative estimate of drug-likeness (QED) is 0.398. The van der Waals surface area contributed by atoms with Crippen LogP contribution in [-0.2, 0) is 14.2 Å². The fourth-order valence-electron chi connectivity index (χ4n) is 11.7. The van der Waals surface area contributed by atoms with Gasteiger partial charge in [-0.3, -0.25) is 0 Å². The van der Waals surface area contributed by atoms with Crippen molar-refractivity contribution in [2.75, 3.05) is 7.11 Å². The molecule has 0 aromatic carbocycles. The highest BCUT2D eigenvalue weighted by atomic mass is 16.8. The van der Waals surface area contributed by atoms with Gasteiger partial charge >= 0.3 is 0 Å². The predicted octanol–water partition coefficient (Wildman–Crippen LogP) is 7.72. The monoisotopic (exact) mass is 486 g/mol. The lowest BCUT2D eigenvalue weighted by molar-refractivity contribution is -0.168. The SMILES string of the molecule is CO[C@@H]1C[C@H]2[C@@H]3CC[C@H]([C@H](C)[C@H]4OC(C)(C)O[C@@H]4C(C)C(C)C)[C@@]3(C)CC[C@@H]2[C@@]2(C)CC[C@@H]3C[C@]312. The number of fused-ring (bicyclic) bond motifs is 4. The van der Waals surface area contributed by atoms with Crippen LogP contribution in [0.25, 0.3) is 0 Å². The Morgan fingerprint density at radius 1 is 0.829 bits per heavy atom. The van der Waals surface area contributed by atoms with Gasteiger partial charge in [0, 0.05) is 12.5 Å². The predicted molar refractivity (Wildman–Crippen MR) is 141 cm³/mol. The Morgan fingerprint density at radius 3 is 2.20 bits per heavy atom.